The highest BCUT2D eigenvalue weighted by Crippen LogP contribution is 2.26. The van der Waals surface area contributed by atoms with Crippen molar-refractivity contribution in [2.45, 2.75) is 65.2 Å². The fraction of sp³-hybridized carbons (Fsp3) is 0.536. The lowest BCUT2D eigenvalue weighted by atomic mass is 10.1. The number of ether oxygens (including phenoxy) is 3. The summed E-state index contributed by atoms with van der Waals surface area (Å²) in [6.45, 7) is 12.4. The molecule has 2 fully saturated rings. The van der Waals surface area contributed by atoms with Gasteiger partial charge in [0.2, 0.25) is 0 Å². The minimum Gasteiger partial charge on any atom is -0.487 e. The van der Waals surface area contributed by atoms with Crippen molar-refractivity contribution in [1.29, 1.82) is 0 Å². The van der Waals surface area contributed by atoms with Gasteiger partial charge in [-0.25, -0.2) is 9.78 Å². The average Bonchev–Trinajstić information content (AvgIpc) is 3.27. The zero-order valence-electron chi connectivity index (χ0n) is 23.7. The summed E-state index contributed by atoms with van der Waals surface area (Å²) in [5.41, 5.74) is 1.37. The summed E-state index contributed by atoms with van der Waals surface area (Å²) in [6, 6.07) is 5.27. The number of pyridine rings is 1. The Balaban J connectivity index is 1.26. The molecule has 0 aliphatic carbocycles. The van der Waals surface area contributed by atoms with Gasteiger partial charge in [0.05, 0.1) is 17.9 Å². The quantitative estimate of drug-likeness (QED) is 0.506. The Labute approximate surface area is 233 Å². The van der Waals surface area contributed by atoms with Gasteiger partial charge in [0.1, 0.15) is 23.1 Å². The van der Waals surface area contributed by atoms with Crippen LogP contribution < -0.4 is 15.0 Å². The van der Waals surface area contributed by atoms with Gasteiger partial charge >= 0.3 is 6.09 Å². The number of carbonyl (C=O) groups is 2. The van der Waals surface area contributed by atoms with Gasteiger partial charge in [0, 0.05) is 50.7 Å². The predicted octanol–water partition coefficient (Wildman–Crippen LogP) is 3.69. The minimum absolute atomic E-state index is 0.0560. The van der Waals surface area contributed by atoms with Gasteiger partial charge in [-0.15, -0.1) is 10.2 Å². The molecule has 214 valence electrons. The molecule has 0 spiro atoms. The smallest absolute Gasteiger partial charge is 0.410 e. The van der Waals surface area contributed by atoms with Crippen molar-refractivity contribution < 1.29 is 23.8 Å². The molecule has 3 aromatic heterocycles. The van der Waals surface area contributed by atoms with Crippen LogP contribution in [0.4, 0.5) is 16.4 Å². The number of amides is 2. The number of carbonyl (C=O) groups excluding carboxylic acids is 2. The highest BCUT2D eigenvalue weighted by Gasteiger charge is 2.31. The van der Waals surface area contributed by atoms with Crippen molar-refractivity contribution in [2.75, 3.05) is 43.1 Å². The van der Waals surface area contributed by atoms with E-state index in [-0.39, 0.29) is 24.1 Å². The van der Waals surface area contributed by atoms with Gasteiger partial charge < -0.3 is 33.7 Å². The lowest BCUT2D eigenvalue weighted by molar-refractivity contribution is 0.00713. The van der Waals surface area contributed by atoms with Crippen molar-refractivity contribution in [3.05, 3.63) is 41.9 Å². The molecule has 0 aromatic carbocycles. The molecule has 1 N–H and O–H groups in total. The second-order valence-corrected chi connectivity index (χ2v) is 11.4. The monoisotopic (exact) mass is 551 g/mol. The average molecular weight is 552 g/mol. The fourth-order valence-corrected chi connectivity index (χ4v) is 4.90. The van der Waals surface area contributed by atoms with Crippen LogP contribution in [0.3, 0.4) is 0 Å². The summed E-state index contributed by atoms with van der Waals surface area (Å²) >= 11 is 0. The fourth-order valence-electron chi connectivity index (χ4n) is 4.90. The number of nitrogens with one attached hydrogen (secondary N) is 1. The maximum absolute atomic E-state index is 13.4. The molecule has 0 radical (unpaired) electrons. The molecule has 2 amide bonds. The third-order valence-electron chi connectivity index (χ3n) is 6.80. The highest BCUT2D eigenvalue weighted by atomic mass is 16.6. The summed E-state index contributed by atoms with van der Waals surface area (Å²) in [7, 11) is 0. The maximum Gasteiger partial charge on any atom is 0.410 e. The second-order valence-electron chi connectivity index (χ2n) is 11.4. The Morgan fingerprint density at radius 2 is 1.98 bits per heavy atom. The number of imidazole rings is 1. The first-order valence-corrected chi connectivity index (χ1v) is 13.7. The molecule has 40 heavy (non-hydrogen) atoms. The molecule has 5 rings (SSSR count). The van der Waals surface area contributed by atoms with Crippen LogP contribution in [-0.4, -0.2) is 87.1 Å². The first kappa shape index (κ1) is 27.6. The molecular weight excluding hydrogens is 514 g/mol. The number of fused-ring (bicyclic) bond motifs is 1. The summed E-state index contributed by atoms with van der Waals surface area (Å²) in [4.78, 5) is 34.2. The number of hydrogen-bond acceptors (Lipinski definition) is 9. The van der Waals surface area contributed by atoms with Gasteiger partial charge in [0.25, 0.3) is 5.91 Å². The van der Waals surface area contributed by atoms with Crippen LogP contribution in [0, 0.1) is 6.92 Å². The zero-order valence-corrected chi connectivity index (χ0v) is 23.7. The van der Waals surface area contributed by atoms with Crippen LogP contribution in [0.5, 0.6) is 5.75 Å². The van der Waals surface area contributed by atoms with Crippen molar-refractivity contribution in [1.82, 2.24) is 24.5 Å². The van der Waals surface area contributed by atoms with Gasteiger partial charge in [0.15, 0.2) is 11.6 Å². The van der Waals surface area contributed by atoms with E-state index in [1.54, 1.807) is 27.6 Å². The van der Waals surface area contributed by atoms with Crippen LogP contribution in [-0.2, 0) is 9.47 Å². The number of hydrogen-bond donors (Lipinski definition) is 1. The van der Waals surface area contributed by atoms with E-state index in [2.05, 4.69) is 25.4 Å². The lowest BCUT2D eigenvalue weighted by Gasteiger charge is -2.40. The van der Waals surface area contributed by atoms with Crippen LogP contribution in [0.2, 0.25) is 0 Å². The second kappa shape index (κ2) is 11.3. The molecule has 2 aliphatic heterocycles. The zero-order chi connectivity index (χ0) is 28.4. The van der Waals surface area contributed by atoms with E-state index in [9.17, 15) is 9.59 Å². The van der Waals surface area contributed by atoms with Gasteiger partial charge in [-0.2, -0.15) is 0 Å². The molecule has 12 heteroatoms. The van der Waals surface area contributed by atoms with E-state index < -0.39 is 5.60 Å². The number of rotatable bonds is 5. The summed E-state index contributed by atoms with van der Waals surface area (Å²) in [5, 5.41) is 11.4. The lowest BCUT2D eigenvalue weighted by Crippen LogP contribution is -2.55. The van der Waals surface area contributed by atoms with E-state index in [1.165, 1.54) is 0 Å². The molecule has 12 nitrogen and oxygen atoms in total. The summed E-state index contributed by atoms with van der Waals surface area (Å²) < 4.78 is 19.1. The van der Waals surface area contributed by atoms with E-state index >= 15 is 0 Å². The number of nitrogens with zero attached hydrogens (tertiary/aromatic N) is 6. The Kier molecular flexibility index (Phi) is 7.79. The Morgan fingerprint density at radius 1 is 1.15 bits per heavy atom. The van der Waals surface area contributed by atoms with E-state index in [0.717, 1.165) is 25.1 Å². The van der Waals surface area contributed by atoms with Crippen LogP contribution in [0.25, 0.3) is 5.65 Å². The van der Waals surface area contributed by atoms with Crippen LogP contribution >= 0.6 is 0 Å². The highest BCUT2D eigenvalue weighted by molar-refractivity contribution is 6.05. The van der Waals surface area contributed by atoms with Gasteiger partial charge in [-0.3, -0.25) is 4.79 Å². The first-order valence-electron chi connectivity index (χ1n) is 13.7. The Bertz CT molecular complexity index is 1360. The Morgan fingerprint density at radius 3 is 2.65 bits per heavy atom. The minimum atomic E-state index is -0.541. The molecule has 2 atom stereocenters. The molecule has 0 saturated carbocycles. The number of aryl methyl sites for hydroxylation is 1. The predicted molar refractivity (Wildman–Crippen MR) is 149 cm³/mol. The van der Waals surface area contributed by atoms with Crippen molar-refractivity contribution >= 4 is 29.3 Å². The van der Waals surface area contributed by atoms with Gasteiger partial charge in [-0.05, 0) is 59.6 Å². The van der Waals surface area contributed by atoms with E-state index in [4.69, 9.17) is 14.2 Å². The standard InChI is InChI=1S/C28H37N7O5/c1-18-14-34-16-21(22(13-25(34)29-18)39-20-7-6-12-38-17-20)26(36)30-23-8-9-24(32-31-23)33-10-11-35(19(2)15-33)27(37)40-28(3,4)5/h8-9,13-14,16,19-20H,6-7,10-12,15,17H2,1-5H3,(H,30,31,36)/t19-,20?/m0/s1. The number of anilines is 2. The summed E-state index contributed by atoms with van der Waals surface area (Å²) in [5.74, 6) is 1.09. The third kappa shape index (κ3) is 6.44. The first-order chi connectivity index (χ1) is 19.1. The van der Waals surface area contributed by atoms with Crippen LogP contribution in [0.1, 0.15) is 56.6 Å². The normalized spacial score (nSPS) is 19.9. The topological polar surface area (TPSA) is 123 Å². The van der Waals surface area contributed by atoms with E-state index in [1.807, 2.05) is 46.9 Å². The molecule has 0 bridgehead atoms. The molecule has 2 saturated heterocycles. The van der Waals surface area contributed by atoms with Gasteiger partial charge in [-0.1, -0.05) is 0 Å². The van der Waals surface area contributed by atoms with Crippen molar-refractivity contribution in [3.63, 3.8) is 0 Å². The summed E-state index contributed by atoms with van der Waals surface area (Å²) in [6.07, 6.45) is 4.91. The Hall–Kier alpha value is -3.93. The third-order valence-corrected chi connectivity index (χ3v) is 6.80. The molecular formula is C28H37N7O5. The largest absolute Gasteiger partial charge is 0.487 e. The van der Waals surface area contributed by atoms with E-state index in [0.29, 0.717) is 54.8 Å². The molecule has 2 aliphatic rings. The maximum atomic E-state index is 13.4. The van der Waals surface area contributed by atoms with Crippen molar-refractivity contribution in [2.24, 2.45) is 0 Å². The van der Waals surface area contributed by atoms with Crippen LogP contribution in [0.15, 0.2) is 30.6 Å². The number of aromatic nitrogens is 4. The molecule has 1 unspecified atom stereocenters. The van der Waals surface area contributed by atoms with Crippen molar-refractivity contribution in [3.8, 4) is 5.75 Å². The molecule has 3 aromatic rings. The molecule has 5 heterocycles. The SMILES string of the molecule is Cc1cn2cc(C(=O)Nc3ccc(N4CCN(C(=O)OC(C)(C)C)[C@@H](C)C4)nn3)c(OC3CCCOC3)cc2n1. The number of piperazine rings is 1.